The lowest BCUT2D eigenvalue weighted by molar-refractivity contribution is -0.116. The molecule has 0 saturated carbocycles. The summed E-state index contributed by atoms with van der Waals surface area (Å²) in [5.41, 5.74) is 0.715. The van der Waals surface area contributed by atoms with E-state index in [1.807, 2.05) is 31.1 Å². The molecule has 0 spiro atoms. The number of pyridine rings is 1. The molecular weight excluding hydrogens is 250 g/mol. The summed E-state index contributed by atoms with van der Waals surface area (Å²) in [5, 5.41) is 5.28. The molecule has 0 radical (unpaired) electrons. The Morgan fingerprint density at radius 1 is 1.44 bits per heavy atom. The summed E-state index contributed by atoms with van der Waals surface area (Å²) in [7, 11) is 3.69. The number of carbonyl (C=O) groups is 1. The van der Waals surface area contributed by atoms with Gasteiger partial charge in [-0.2, -0.15) is 0 Å². The molecule has 2 rings (SSSR count). The molecule has 18 heavy (non-hydrogen) atoms. The Labute approximate surface area is 111 Å². The number of likely N-dealkylation sites (N-methyl/N-ethyl adjacent to an activating group) is 1. The first-order valence-corrected chi connectivity index (χ1v) is 5.92. The fraction of sp³-hybridized carbons (Fsp3) is 0.231. The van der Waals surface area contributed by atoms with Gasteiger partial charge in [0.25, 0.3) is 0 Å². The van der Waals surface area contributed by atoms with Crippen molar-refractivity contribution in [3.05, 3.63) is 35.6 Å². The molecule has 1 aromatic heterocycles. The molecule has 5 heteroatoms. The molecule has 94 valence electrons. The van der Waals surface area contributed by atoms with Crippen molar-refractivity contribution in [2.24, 2.45) is 0 Å². The fourth-order valence-electron chi connectivity index (χ4n) is 1.75. The molecule has 1 heterocycles. The molecule has 0 aliphatic carbocycles. The van der Waals surface area contributed by atoms with E-state index in [0.717, 1.165) is 10.8 Å². The van der Waals surface area contributed by atoms with E-state index in [4.69, 9.17) is 11.6 Å². The monoisotopic (exact) mass is 263 g/mol. The Morgan fingerprint density at radius 3 is 2.94 bits per heavy atom. The summed E-state index contributed by atoms with van der Waals surface area (Å²) in [5.74, 6) is -0.0691. The van der Waals surface area contributed by atoms with Crippen molar-refractivity contribution in [3.8, 4) is 0 Å². The Hall–Kier alpha value is -1.65. The quantitative estimate of drug-likeness (QED) is 0.925. The van der Waals surface area contributed by atoms with Crippen LogP contribution in [0, 0.1) is 0 Å². The van der Waals surface area contributed by atoms with E-state index in [0.29, 0.717) is 17.3 Å². The maximum absolute atomic E-state index is 11.8. The third-order valence-electron chi connectivity index (χ3n) is 2.45. The maximum atomic E-state index is 11.8. The first-order valence-electron chi connectivity index (χ1n) is 5.54. The van der Waals surface area contributed by atoms with Crippen molar-refractivity contribution in [2.45, 2.75) is 0 Å². The van der Waals surface area contributed by atoms with E-state index in [-0.39, 0.29) is 5.91 Å². The second-order valence-electron chi connectivity index (χ2n) is 4.34. The number of fused-ring (bicyclic) bond motifs is 1. The SMILES string of the molecule is CN(C)CC(=O)Nc1cc(Cl)cc2cnccc12. The first kappa shape index (κ1) is 12.8. The second-order valence-corrected chi connectivity index (χ2v) is 4.77. The molecule has 0 bridgehead atoms. The normalized spacial score (nSPS) is 10.9. The Kier molecular flexibility index (Phi) is 3.79. The summed E-state index contributed by atoms with van der Waals surface area (Å²) >= 11 is 6.02. The minimum absolute atomic E-state index is 0.0691. The number of amides is 1. The van der Waals surface area contributed by atoms with Gasteiger partial charge in [0, 0.05) is 28.2 Å². The molecule has 0 unspecified atom stereocenters. The van der Waals surface area contributed by atoms with Crippen LogP contribution in [-0.4, -0.2) is 36.4 Å². The molecule has 1 amide bonds. The van der Waals surface area contributed by atoms with Crippen molar-refractivity contribution in [1.82, 2.24) is 9.88 Å². The molecule has 1 aromatic carbocycles. The van der Waals surface area contributed by atoms with Gasteiger partial charge in [-0.1, -0.05) is 11.6 Å². The zero-order chi connectivity index (χ0) is 13.1. The van der Waals surface area contributed by atoms with Gasteiger partial charge in [-0.15, -0.1) is 0 Å². The minimum atomic E-state index is -0.0691. The number of anilines is 1. The van der Waals surface area contributed by atoms with Crippen molar-refractivity contribution < 1.29 is 4.79 Å². The van der Waals surface area contributed by atoms with Crippen molar-refractivity contribution in [1.29, 1.82) is 0 Å². The number of hydrogen-bond donors (Lipinski definition) is 1. The number of nitrogens with one attached hydrogen (secondary N) is 1. The van der Waals surface area contributed by atoms with Crippen LogP contribution in [0.1, 0.15) is 0 Å². The van der Waals surface area contributed by atoms with E-state index in [2.05, 4.69) is 10.3 Å². The van der Waals surface area contributed by atoms with Gasteiger partial charge in [0.2, 0.25) is 5.91 Å². The van der Waals surface area contributed by atoms with Crippen LogP contribution in [0.15, 0.2) is 30.6 Å². The van der Waals surface area contributed by atoms with Crippen LogP contribution in [0.25, 0.3) is 10.8 Å². The molecule has 0 aliphatic heterocycles. The molecular formula is C13H14ClN3O. The number of halogens is 1. The fourth-order valence-corrected chi connectivity index (χ4v) is 1.98. The molecule has 1 N–H and O–H groups in total. The van der Waals surface area contributed by atoms with Crippen molar-refractivity contribution >= 4 is 34.0 Å². The van der Waals surface area contributed by atoms with Gasteiger partial charge < -0.3 is 10.2 Å². The van der Waals surface area contributed by atoms with E-state index in [1.165, 1.54) is 0 Å². The Morgan fingerprint density at radius 2 is 2.22 bits per heavy atom. The number of benzene rings is 1. The van der Waals surface area contributed by atoms with Crippen LogP contribution in [-0.2, 0) is 4.79 Å². The van der Waals surface area contributed by atoms with Gasteiger partial charge in [0.15, 0.2) is 0 Å². The lowest BCUT2D eigenvalue weighted by Crippen LogP contribution is -2.27. The number of carbonyl (C=O) groups excluding carboxylic acids is 1. The van der Waals surface area contributed by atoms with Gasteiger partial charge in [-0.05, 0) is 32.3 Å². The highest BCUT2D eigenvalue weighted by Crippen LogP contribution is 2.27. The van der Waals surface area contributed by atoms with Gasteiger partial charge in [0.1, 0.15) is 0 Å². The Balaban J connectivity index is 2.35. The van der Waals surface area contributed by atoms with Crippen molar-refractivity contribution in [3.63, 3.8) is 0 Å². The zero-order valence-electron chi connectivity index (χ0n) is 10.3. The van der Waals surface area contributed by atoms with Crippen molar-refractivity contribution in [2.75, 3.05) is 26.0 Å². The summed E-state index contributed by atoms with van der Waals surface area (Å²) in [6.45, 7) is 0.332. The standard InChI is InChI=1S/C13H14ClN3O/c1-17(2)8-13(18)16-12-6-10(14)5-9-7-15-4-3-11(9)12/h3-7H,8H2,1-2H3,(H,16,18). The zero-order valence-corrected chi connectivity index (χ0v) is 11.0. The van der Waals surface area contributed by atoms with Crippen LogP contribution in [0.3, 0.4) is 0 Å². The Bertz CT molecular complexity index is 583. The second kappa shape index (κ2) is 5.33. The van der Waals surface area contributed by atoms with Crippen LogP contribution in [0.4, 0.5) is 5.69 Å². The van der Waals surface area contributed by atoms with E-state index in [9.17, 15) is 4.79 Å². The predicted molar refractivity (Wildman–Crippen MR) is 73.9 cm³/mol. The third kappa shape index (κ3) is 2.97. The maximum Gasteiger partial charge on any atom is 0.238 e. The van der Waals surface area contributed by atoms with Crippen LogP contribution >= 0.6 is 11.6 Å². The summed E-state index contributed by atoms with van der Waals surface area (Å²) in [6.07, 6.45) is 3.42. The highest BCUT2D eigenvalue weighted by molar-refractivity contribution is 6.32. The molecule has 4 nitrogen and oxygen atoms in total. The van der Waals surface area contributed by atoms with E-state index in [1.54, 1.807) is 18.5 Å². The largest absolute Gasteiger partial charge is 0.324 e. The lowest BCUT2D eigenvalue weighted by atomic mass is 10.1. The summed E-state index contributed by atoms with van der Waals surface area (Å²) in [6, 6.07) is 5.43. The minimum Gasteiger partial charge on any atom is -0.324 e. The third-order valence-corrected chi connectivity index (χ3v) is 2.67. The van der Waals surface area contributed by atoms with Gasteiger partial charge in [-0.25, -0.2) is 0 Å². The highest BCUT2D eigenvalue weighted by Gasteiger charge is 2.08. The molecule has 0 fully saturated rings. The van der Waals surface area contributed by atoms with Crippen LogP contribution < -0.4 is 5.32 Å². The average Bonchev–Trinajstić information content (AvgIpc) is 2.27. The molecule has 0 aliphatic rings. The molecule has 0 saturated heterocycles. The summed E-state index contributed by atoms with van der Waals surface area (Å²) in [4.78, 5) is 17.6. The van der Waals surface area contributed by atoms with Crippen LogP contribution in [0.2, 0.25) is 5.02 Å². The first-order chi connectivity index (χ1) is 8.56. The van der Waals surface area contributed by atoms with Gasteiger partial charge >= 0.3 is 0 Å². The number of hydrogen-bond acceptors (Lipinski definition) is 3. The van der Waals surface area contributed by atoms with Gasteiger partial charge in [0.05, 0.1) is 12.2 Å². The average molecular weight is 264 g/mol. The predicted octanol–water partition coefficient (Wildman–Crippen LogP) is 2.39. The number of rotatable bonds is 3. The molecule has 0 atom stereocenters. The number of aromatic nitrogens is 1. The summed E-state index contributed by atoms with van der Waals surface area (Å²) < 4.78 is 0. The number of nitrogens with zero attached hydrogens (tertiary/aromatic N) is 2. The topological polar surface area (TPSA) is 45.2 Å². The lowest BCUT2D eigenvalue weighted by Gasteiger charge is -2.12. The van der Waals surface area contributed by atoms with Crippen LogP contribution in [0.5, 0.6) is 0 Å². The van der Waals surface area contributed by atoms with E-state index >= 15 is 0 Å². The smallest absolute Gasteiger partial charge is 0.238 e. The van der Waals surface area contributed by atoms with E-state index < -0.39 is 0 Å². The molecule has 2 aromatic rings. The van der Waals surface area contributed by atoms with Gasteiger partial charge in [-0.3, -0.25) is 9.78 Å². The highest BCUT2D eigenvalue weighted by atomic mass is 35.5.